The SMILES string of the molecule is Cc1c2ccc3sc4ccc(cc4c13)[Si](C)(C)[Si](C)(C)c1ccc3sc4ccc(c(C)c4c3c1)[Si](C)(C)[Si]2(C)C. The van der Waals surface area contributed by atoms with Gasteiger partial charge in [0, 0.05) is 40.3 Å². The van der Waals surface area contributed by atoms with Crippen LogP contribution in [0.4, 0.5) is 0 Å². The van der Waals surface area contributed by atoms with Gasteiger partial charge >= 0.3 is 0 Å². The Morgan fingerprint density at radius 2 is 0.775 bits per heavy atom. The summed E-state index contributed by atoms with van der Waals surface area (Å²) in [5.74, 6) is 0. The van der Waals surface area contributed by atoms with E-state index < -0.39 is 30.4 Å². The molecule has 8 bridgehead atoms. The number of fused-ring (bicyclic) bond motifs is 4. The first-order valence-corrected chi connectivity index (χ1v) is 30.2. The second kappa shape index (κ2) is 8.39. The van der Waals surface area contributed by atoms with Gasteiger partial charge in [-0.15, -0.1) is 22.7 Å². The van der Waals surface area contributed by atoms with Gasteiger partial charge in [-0.25, -0.2) is 0 Å². The monoisotopic (exact) mass is 624 g/mol. The molecule has 0 saturated carbocycles. The molecule has 7 rings (SSSR count). The van der Waals surface area contributed by atoms with E-state index >= 15 is 0 Å². The van der Waals surface area contributed by atoms with Crippen molar-refractivity contribution in [2.45, 2.75) is 66.2 Å². The van der Waals surface area contributed by atoms with Crippen LogP contribution in [0.15, 0.2) is 60.7 Å². The Bertz CT molecular complexity index is 1890. The molecule has 0 saturated heterocycles. The van der Waals surface area contributed by atoms with Crippen molar-refractivity contribution in [1.82, 2.24) is 0 Å². The molecule has 3 heterocycles. The first-order valence-electron chi connectivity index (χ1n) is 14.6. The highest BCUT2D eigenvalue weighted by atomic mass is 32.1. The van der Waals surface area contributed by atoms with Gasteiger partial charge < -0.3 is 0 Å². The number of hydrogen-bond acceptors (Lipinski definition) is 2. The Hall–Kier alpha value is -1.81. The van der Waals surface area contributed by atoms with Crippen molar-refractivity contribution in [2.24, 2.45) is 0 Å². The van der Waals surface area contributed by atoms with Crippen molar-refractivity contribution in [2.75, 3.05) is 0 Å². The van der Waals surface area contributed by atoms with Gasteiger partial charge in [-0.2, -0.15) is 0 Å². The van der Waals surface area contributed by atoms with Gasteiger partial charge in [-0.3, -0.25) is 0 Å². The van der Waals surface area contributed by atoms with Crippen LogP contribution in [0.2, 0.25) is 52.4 Å². The van der Waals surface area contributed by atoms with Gasteiger partial charge in [-0.1, -0.05) is 110 Å². The number of benzene rings is 4. The molecule has 2 aromatic heterocycles. The Labute approximate surface area is 250 Å². The summed E-state index contributed by atoms with van der Waals surface area (Å²) in [6.45, 7) is 26.2. The van der Waals surface area contributed by atoms with Crippen LogP contribution in [0.3, 0.4) is 0 Å². The molecule has 0 atom stereocenters. The second-order valence-corrected chi connectivity index (χ2v) is 46.7. The van der Waals surface area contributed by atoms with Crippen molar-refractivity contribution in [3.05, 3.63) is 71.8 Å². The standard InChI is InChI=1S/C34H40S2Si4/c1-21-31-17-15-29-33(21)25-19-23(11-13-27(25)35-29)37(3,4)38(5,6)24-12-14-28-26(20-24)34-22(2)32(18-16-30(34)36-28)40(9,10)39(31,7)8/h11-20H,1-10H3. The lowest BCUT2D eigenvalue weighted by atomic mass is 10.1. The summed E-state index contributed by atoms with van der Waals surface area (Å²) in [4.78, 5) is 0. The van der Waals surface area contributed by atoms with E-state index in [1.165, 1.54) is 40.3 Å². The molecular weight excluding hydrogens is 585 g/mol. The maximum atomic E-state index is 2.67. The molecule has 0 fully saturated rings. The van der Waals surface area contributed by atoms with E-state index in [4.69, 9.17) is 0 Å². The fraction of sp³-hybridized carbons (Fsp3) is 0.294. The summed E-state index contributed by atoms with van der Waals surface area (Å²) in [6.07, 6.45) is 0. The molecule has 1 aliphatic rings. The van der Waals surface area contributed by atoms with Crippen molar-refractivity contribution in [1.29, 1.82) is 0 Å². The van der Waals surface area contributed by atoms with Crippen molar-refractivity contribution in [3.63, 3.8) is 0 Å². The lowest BCUT2D eigenvalue weighted by molar-refractivity contribution is 1.55. The number of rotatable bonds is 0. The molecule has 0 spiro atoms. The molecule has 0 amide bonds. The summed E-state index contributed by atoms with van der Waals surface area (Å²) in [6, 6.07) is 25.2. The smallest absolute Gasteiger partial charge is 0.0795 e. The fourth-order valence-electron chi connectivity index (χ4n) is 7.61. The summed E-state index contributed by atoms with van der Waals surface area (Å²) in [7, 11) is -7.25. The quantitative estimate of drug-likeness (QED) is 0.149. The van der Waals surface area contributed by atoms with E-state index in [1.807, 2.05) is 22.7 Å². The molecule has 6 aromatic rings. The maximum Gasteiger partial charge on any atom is 0.0795 e. The van der Waals surface area contributed by atoms with Crippen LogP contribution in [0, 0.1) is 13.8 Å². The Kier molecular flexibility index (Phi) is 5.67. The minimum Gasteiger partial charge on any atom is -0.135 e. The van der Waals surface area contributed by atoms with Crippen LogP contribution in [-0.4, -0.2) is 30.4 Å². The molecule has 6 heteroatoms. The number of hydrogen-bond donors (Lipinski definition) is 0. The Morgan fingerprint density at radius 1 is 0.425 bits per heavy atom. The summed E-state index contributed by atoms with van der Waals surface area (Å²) in [5, 5.41) is 12.7. The zero-order valence-electron chi connectivity index (χ0n) is 25.6. The van der Waals surface area contributed by atoms with E-state index in [-0.39, 0.29) is 0 Å². The van der Waals surface area contributed by atoms with Gasteiger partial charge in [-0.05, 0) is 49.2 Å². The summed E-state index contributed by atoms with van der Waals surface area (Å²) < 4.78 is 5.82. The molecule has 204 valence electrons. The average Bonchev–Trinajstić information content (AvgIpc) is 3.46. The highest BCUT2D eigenvalue weighted by Gasteiger charge is 2.47. The predicted octanol–water partition coefficient (Wildman–Crippen LogP) is 8.57. The molecular formula is C34H40S2Si4. The lowest BCUT2D eigenvalue weighted by Gasteiger charge is -2.41. The van der Waals surface area contributed by atoms with Crippen LogP contribution in [0.25, 0.3) is 40.3 Å². The number of thiophene rings is 2. The van der Waals surface area contributed by atoms with Gasteiger partial charge in [0.1, 0.15) is 0 Å². The molecule has 0 unspecified atom stereocenters. The molecule has 4 aromatic carbocycles. The minimum absolute atomic E-state index is 1.45. The van der Waals surface area contributed by atoms with Crippen molar-refractivity contribution < 1.29 is 0 Å². The zero-order chi connectivity index (χ0) is 28.6. The highest BCUT2D eigenvalue weighted by molar-refractivity contribution is 7.50. The highest BCUT2D eigenvalue weighted by Crippen LogP contribution is 2.39. The maximum absolute atomic E-state index is 2.67. The second-order valence-electron chi connectivity index (χ2n) is 14.3. The average molecular weight is 625 g/mol. The first-order chi connectivity index (χ1) is 18.7. The third-order valence-corrected chi connectivity index (χ3v) is 49.6. The van der Waals surface area contributed by atoms with E-state index in [0.29, 0.717) is 0 Å². The lowest BCUT2D eigenvalue weighted by Crippen LogP contribution is -2.70. The topological polar surface area (TPSA) is 0 Å². The molecule has 0 aliphatic carbocycles. The van der Waals surface area contributed by atoms with Crippen LogP contribution < -0.4 is 20.7 Å². The van der Waals surface area contributed by atoms with Gasteiger partial charge in [0.15, 0.2) is 0 Å². The third kappa shape index (κ3) is 3.32. The molecule has 0 nitrogen and oxygen atoms in total. The van der Waals surface area contributed by atoms with Crippen LogP contribution in [0.5, 0.6) is 0 Å². The Balaban J connectivity index is 1.68. The van der Waals surface area contributed by atoms with Gasteiger partial charge in [0.25, 0.3) is 0 Å². The molecule has 1 aliphatic heterocycles. The van der Waals surface area contributed by atoms with E-state index in [9.17, 15) is 0 Å². The fourth-order valence-corrected chi connectivity index (χ4v) is 28.7. The van der Waals surface area contributed by atoms with Gasteiger partial charge in [0.05, 0.1) is 30.4 Å². The van der Waals surface area contributed by atoms with Crippen LogP contribution in [-0.2, 0) is 0 Å². The van der Waals surface area contributed by atoms with E-state index in [2.05, 4.69) is 127 Å². The van der Waals surface area contributed by atoms with E-state index in [1.54, 1.807) is 31.9 Å². The van der Waals surface area contributed by atoms with Crippen molar-refractivity contribution in [3.8, 4) is 0 Å². The normalized spacial score (nSPS) is 19.1. The first kappa shape index (κ1) is 27.0. The Morgan fingerprint density at radius 3 is 1.15 bits per heavy atom. The molecule has 0 radical (unpaired) electrons. The van der Waals surface area contributed by atoms with Gasteiger partial charge in [0.2, 0.25) is 0 Å². The number of aryl methyl sites for hydroxylation is 2. The van der Waals surface area contributed by atoms with Crippen LogP contribution >= 0.6 is 22.7 Å². The largest absolute Gasteiger partial charge is 0.135 e. The van der Waals surface area contributed by atoms with Crippen molar-refractivity contribution >= 4 is 114 Å². The predicted molar refractivity (Wildman–Crippen MR) is 197 cm³/mol. The minimum atomic E-state index is -1.84. The van der Waals surface area contributed by atoms with E-state index in [0.717, 1.165) is 0 Å². The third-order valence-electron chi connectivity index (χ3n) is 11.7. The van der Waals surface area contributed by atoms with Crippen LogP contribution in [0.1, 0.15) is 11.1 Å². The zero-order valence-corrected chi connectivity index (χ0v) is 31.2. The summed E-state index contributed by atoms with van der Waals surface area (Å²) >= 11 is 3.98. The molecule has 0 N–H and O–H groups in total. The molecule has 40 heavy (non-hydrogen) atoms. The summed E-state index contributed by atoms with van der Waals surface area (Å²) in [5.41, 5.74) is 3.12.